The van der Waals surface area contributed by atoms with Gasteiger partial charge in [0.2, 0.25) is 0 Å². The van der Waals surface area contributed by atoms with Crippen LogP contribution in [0.2, 0.25) is 0 Å². The Kier molecular flexibility index (Phi) is 2.76. The minimum atomic E-state index is -0.713. The van der Waals surface area contributed by atoms with Crippen molar-refractivity contribution in [2.45, 2.75) is 0 Å². The minimum absolute atomic E-state index is 0.0343. The van der Waals surface area contributed by atoms with Crippen molar-refractivity contribution in [3.8, 4) is 23.3 Å². The molecule has 0 spiro atoms. The Labute approximate surface area is 106 Å². The molecule has 6 nitrogen and oxygen atoms in total. The first-order valence-corrected chi connectivity index (χ1v) is 5.72. The Morgan fingerprint density at radius 1 is 1.28 bits per heavy atom. The maximum atomic E-state index is 11.8. The van der Waals surface area contributed by atoms with Crippen LogP contribution in [0.5, 0.6) is 0 Å². The predicted molar refractivity (Wildman–Crippen MR) is 68.0 cm³/mol. The second kappa shape index (κ2) is 4.24. The van der Waals surface area contributed by atoms with Crippen molar-refractivity contribution in [3.05, 3.63) is 38.3 Å². The molecule has 0 aliphatic heterocycles. The number of thiophene rings is 1. The normalized spacial score (nSPS) is 9.67. The number of anilines is 1. The highest BCUT2D eigenvalue weighted by Crippen LogP contribution is 2.29. The smallest absolute Gasteiger partial charge is 0.289 e. The molecule has 0 fully saturated rings. The Hall–Kier alpha value is -2.77. The molecule has 0 saturated carbocycles. The molecule has 0 unspecified atom stereocenters. The number of hydrogen-bond acceptors (Lipinski definition) is 6. The molecule has 0 aromatic carbocycles. The number of hydrogen-bond donors (Lipinski definition) is 2. The lowest BCUT2D eigenvalue weighted by Crippen LogP contribution is -2.32. The quantitative estimate of drug-likeness (QED) is 0.725. The second-order valence-corrected chi connectivity index (χ2v) is 4.20. The maximum Gasteiger partial charge on any atom is 0.289 e. The van der Waals surface area contributed by atoms with Crippen molar-refractivity contribution in [1.29, 1.82) is 10.5 Å². The van der Waals surface area contributed by atoms with Gasteiger partial charge in [0.05, 0.1) is 0 Å². The SMILES string of the molecule is N#Cc1c(-c2ccsc2)c(C#N)c(=O)n(N)c1N. The number of nitrogens with two attached hydrogens (primary N) is 2. The fourth-order valence-electron chi connectivity index (χ4n) is 1.62. The topological polar surface area (TPSA) is 122 Å². The van der Waals surface area contributed by atoms with Gasteiger partial charge in [0.1, 0.15) is 29.1 Å². The van der Waals surface area contributed by atoms with Gasteiger partial charge in [-0.3, -0.25) is 4.79 Å². The Morgan fingerprint density at radius 3 is 2.44 bits per heavy atom. The molecule has 0 amide bonds. The first-order valence-electron chi connectivity index (χ1n) is 4.78. The van der Waals surface area contributed by atoms with E-state index in [1.807, 2.05) is 6.07 Å². The minimum Gasteiger partial charge on any atom is -0.382 e. The molecule has 4 N–H and O–H groups in total. The molecule has 0 bridgehead atoms. The average molecular weight is 257 g/mol. The van der Waals surface area contributed by atoms with Crippen LogP contribution in [-0.2, 0) is 0 Å². The molecule has 0 aliphatic rings. The van der Waals surface area contributed by atoms with Gasteiger partial charge in [-0.25, -0.2) is 4.68 Å². The lowest BCUT2D eigenvalue weighted by atomic mass is 9.99. The highest BCUT2D eigenvalue weighted by molar-refractivity contribution is 7.08. The van der Waals surface area contributed by atoms with Gasteiger partial charge in [-0.2, -0.15) is 21.9 Å². The molecule has 2 aromatic heterocycles. The van der Waals surface area contributed by atoms with E-state index in [4.69, 9.17) is 22.1 Å². The summed E-state index contributed by atoms with van der Waals surface area (Å²) in [6, 6.07) is 5.37. The van der Waals surface area contributed by atoms with E-state index >= 15 is 0 Å². The average Bonchev–Trinajstić information content (AvgIpc) is 2.89. The zero-order valence-electron chi connectivity index (χ0n) is 9.04. The standard InChI is InChI=1S/C11H7N5OS/c12-3-7-9(6-1-2-18-5-6)8(4-13)11(17)16(15)10(7)14/h1-2,5H,14-15H2. The van der Waals surface area contributed by atoms with Crippen LogP contribution >= 0.6 is 11.3 Å². The van der Waals surface area contributed by atoms with Crippen LogP contribution in [0.15, 0.2) is 21.6 Å². The van der Waals surface area contributed by atoms with E-state index in [1.54, 1.807) is 22.9 Å². The molecule has 18 heavy (non-hydrogen) atoms. The lowest BCUT2D eigenvalue weighted by molar-refractivity contribution is 0.942. The summed E-state index contributed by atoms with van der Waals surface area (Å²) in [5, 5.41) is 21.7. The molecule has 0 atom stereocenters. The molecule has 2 rings (SSSR count). The zero-order chi connectivity index (χ0) is 13.3. The van der Waals surface area contributed by atoms with Crippen LogP contribution in [0, 0.1) is 22.7 Å². The van der Waals surface area contributed by atoms with Crippen LogP contribution < -0.4 is 17.1 Å². The summed E-state index contributed by atoms with van der Waals surface area (Å²) in [6.07, 6.45) is 0. The third-order valence-electron chi connectivity index (χ3n) is 2.48. The number of nitriles is 2. The van der Waals surface area contributed by atoms with Gasteiger partial charge in [0.25, 0.3) is 5.56 Å². The third-order valence-corrected chi connectivity index (χ3v) is 3.17. The monoisotopic (exact) mass is 257 g/mol. The molecule has 0 aliphatic carbocycles. The summed E-state index contributed by atoms with van der Waals surface area (Å²) in [6.45, 7) is 0. The van der Waals surface area contributed by atoms with Gasteiger partial charge in [0, 0.05) is 5.56 Å². The summed E-state index contributed by atoms with van der Waals surface area (Å²) in [7, 11) is 0. The van der Waals surface area contributed by atoms with Crippen molar-refractivity contribution in [2.75, 3.05) is 11.6 Å². The third kappa shape index (κ3) is 1.51. The van der Waals surface area contributed by atoms with Crippen molar-refractivity contribution < 1.29 is 0 Å². The first-order chi connectivity index (χ1) is 8.61. The molecular formula is C11H7N5OS. The van der Waals surface area contributed by atoms with Crippen LogP contribution in [0.1, 0.15) is 11.1 Å². The predicted octanol–water partition coefficient (Wildman–Crippen LogP) is 0.616. The summed E-state index contributed by atoms with van der Waals surface area (Å²) in [4.78, 5) is 11.8. The second-order valence-electron chi connectivity index (χ2n) is 3.42. The summed E-state index contributed by atoms with van der Waals surface area (Å²) < 4.78 is 0.618. The molecule has 7 heteroatoms. The van der Waals surface area contributed by atoms with E-state index in [0.29, 0.717) is 10.2 Å². The number of pyridine rings is 1. The molecule has 2 aromatic rings. The highest BCUT2D eigenvalue weighted by Gasteiger charge is 2.20. The van der Waals surface area contributed by atoms with Gasteiger partial charge >= 0.3 is 0 Å². The van der Waals surface area contributed by atoms with Gasteiger partial charge in [-0.15, -0.1) is 0 Å². The lowest BCUT2D eigenvalue weighted by Gasteiger charge is -2.10. The van der Waals surface area contributed by atoms with E-state index in [1.165, 1.54) is 11.3 Å². The first kappa shape index (κ1) is 11.7. The van der Waals surface area contributed by atoms with E-state index in [2.05, 4.69) is 0 Å². The number of nitrogens with zero attached hydrogens (tertiary/aromatic N) is 3. The van der Waals surface area contributed by atoms with Crippen molar-refractivity contribution in [1.82, 2.24) is 4.68 Å². The van der Waals surface area contributed by atoms with Gasteiger partial charge < -0.3 is 11.6 Å². The Morgan fingerprint density at radius 2 is 1.94 bits per heavy atom. The van der Waals surface area contributed by atoms with Crippen LogP contribution in [0.3, 0.4) is 0 Å². The van der Waals surface area contributed by atoms with E-state index in [-0.39, 0.29) is 22.5 Å². The fraction of sp³-hybridized carbons (Fsp3) is 0. The summed E-state index contributed by atoms with van der Waals surface area (Å²) in [5.74, 6) is 5.29. The highest BCUT2D eigenvalue weighted by atomic mass is 32.1. The van der Waals surface area contributed by atoms with Crippen molar-refractivity contribution in [3.63, 3.8) is 0 Å². The number of nitrogen functional groups attached to an aromatic ring is 2. The number of rotatable bonds is 1. The van der Waals surface area contributed by atoms with E-state index in [0.717, 1.165) is 0 Å². The van der Waals surface area contributed by atoms with Gasteiger partial charge in [-0.1, -0.05) is 0 Å². The molecule has 0 saturated heterocycles. The molecule has 88 valence electrons. The fourth-order valence-corrected chi connectivity index (χ4v) is 2.27. The molecule has 2 heterocycles. The van der Waals surface area contributed by atoms with Gasteiger partial charge in [0.15, 0.2) is 0 Å². The van der Waals surface area contributed by atoms with E-state index in [9.17, 15) is 4.79 Å². The Balaban J connectivity index is 3.01. The molecule has 0 radical (unpaired) electrons. The van der Waals surface area contributed by atoms with Crippen LogP contribution in [-0.4, -0.2) is 4.68 Å². The maximum absolute atomic E-state index is 11.8. The van der Waals surface area contributed by atoms with Crippen molar-refractivity contribution in [2.24, 2.45) is 0 Å². The molecular weight excluding hydrogens is 250 g/mol. The summed E-state index contributed by atoms with van der Waals surface area (Å²) in [5.41, 5.74) is 5.63. The van der Waals surface area contributed by atoms with Crippen molar-refractivity contribution >= 4 is 17.2 Å². The number of aromatic nitrogens is 1. The Bertz CT molecular complexity index is 746. The van der Waals surface area contributed by atoms with E-state index < -0.39 is 5.56 Å². The zero-order valence-corrected chi connectivity index (χ0v) is 9.86. The summed E-state index contributed by atoms with van der Waals surface area (Å²) >= 11 is 1.39. The van der Waals surface area contributed by atoms with Crippen LogP contribution in [0.4, 0.5) is 5.82 Å². The largest absolute Gasteiger partial charge is 0.382 e. The van der Waals surface area contributed by atoms with Crippen LogP contribution in [0.25, 0.3) is 11.1 Å². The van der Waals surface area contributed by atoms with Gasteiger partial charge in [-0.05, 0) is 22.4 Å².